The maximum absolute atomic E-state index is 8.62. The molecule has 1 aliphatic heterocycles. The molecule has 0 aliphatic carbocycles. The summed E-state index contributed by atoms with van der Waals surface area (Å²) in [5, 5.41) is 8.72. The standard InChI is InChI=1S/C67H59N4O.Pt/c1-42-34-43(36-46(35-42)67(8,9)10)50-24-16-25-56-53-22-13-11-20-51(53)52-21-12-14-23-54(52)57-26-17-27-60-64(57)70(63(50)56)41-69(60)47-18-15-19-48(39-47)72-49-29-30-55-58-37-44(65(2,3)4)28-31-59(58)71(61(55)40-49)62-38-45(32-33-68-62)66(5,6)7;/h11-38,41H,1-10H3;/q-3;/i1D3;. The van der Waals surface area contributed by atoms with Crippen LogP contribution in [0.25, 0.3) is 82.1 Å². The maximum atomic E-state index is 8.62. The Morgan fingerprint density at radius 2 is 1.14 bits per heavy atom. The Balaban J connectivity index is 0.00000616. The monoisotopic (exact) mass is 1130 g/mol. The van der Waals surface area contributed by atoms with Gasteiger partial charge in [-0.15, -0.1) is 35.7 Å². The topological polar surface area (TPSA) is 35.2 Å². The normalized spacial score (nSPS) is 13.5. The number of aryl methyl sites for hydroxylation is 1. The predicted molar refractivity (Wildman–Crippen MR) is 303 cm³/mol. The fraction of sp³-hybridized carbons (Fsp3) is 0.194. The van der Waals surface area contributed by atoms with Gasteiger partial charge in [-0.1, -0.05) is 188 Å². The molecule has 0 atom stereocenters. The Morgan fingerprint density at radius 1 is 0.521 bits per heavy atom. The Kier molecular flexibility index (Phi) is 10.8. The third-order valence-corrected chi connectivity index (χ3v) is 14.4. The Hall–Kier alpha value is -7.33. The smallest absolute Gasteiger partial charge is 0.135 e. The van der Waals surface area contributed by atoms with Gasteiger partial charge in [0.1, 0.15) is 5.82 Å². The van der Waals surface area contributed by atoms with Crippen LogP contribution in [0.15, 0.2) is 170 Å². The first-order chi connectivity index (χ1) is 35.7. The van der Waals surface area contributed by atoms with E-state index in [1.54, 1.807) is 0 Å². The molecule has 73 heavy (non-hydrogen) atoms. The van der Waals surface area contributed by atoms with E-state index >= 15 is 0 Å². The van der Waals surface area contributed by atoms with Gasteiger partial charge in [0.2, 0.25) is 0 Å². The molecule has 0 bridgehead atoms. The van der Waals surface area contributed by atoms with E-state index in [0.717, 1.165) is 99.0 Å². The van der Waals surface area contributed by atoms with Gasteiger partial charge in [-0.05, 0) is 131 Å². The molecule has 6 heteroatoms. The van der Waals surface area contributed by atoms with Crippen molar-refractivity contribution in [1.29, 1.82) is 0 Å². The molecule has 0 amide bonds. The molecule has 0 fully saturated rings. The van der Waals surface area contributed by atoms with E-state index in [9.17, 15) is 0 Å². The molecular formula is C67H59N4OPt-3. The van der Waals surface area contributed by atoms with Crippen LogP contribution in [0.4, 0.5) is 11.4 Å². The van der Waals surface area contributed by atoms with E-state index in [1.165, 1.54) is 11.1 Å². The number of aromatic nitrogens is 3. The van der Waals surface area contributed by atoms with E-state index in [0.29, 0.717) is 17.1 Å². The Bertz CT molecular complexity index is 4170. The minimum Gasteiger partial charge on any atom is -0.509 e. The molecule has 4 heterocycles. The van der Waals surface area contributed by atoms with Crippen molar-refractivity contribution in [1.82, 2.24) is 14.1 Å². The molecule has 0 saturated heterocycles. The zero-order valence-corrected chi connectivity index (χ0v) is 45.0. The van der Waals surface area contributed by atoms with E-state index in [1.807, 2.05) is 36.5 Å². The molecule has 0 unspecified atom stereocenters. The number of para-hydroxylation sites is 2. The summed E-state index contributed by atoms with van der Waals surface area (Å²) in [6, 6.07) is 64.6. The summed E-state index contributed by atoms with van der Waals surface area (Å²) in [5.74, 6) is 1.92. The van der Waals surface area contributed by atoms with Crippen molar-refractivity contribution in [2.45, 2.75) is 85.4 Å². The van der Waals surface area contributed by atoms with Crippen LogP contribution in [0.3, 0.4) is 0 Å². The van der Waals surface area contributed by atoms with Gasteiger partial charge in [-0.25, -0.2) is 4.98 Å². The third-order valence-electron chi connectivity index (χ3n) is 14.4. The summed E-state index contributed by atoms with van der Waals surface area (Å²) in [6.07, 6.45) is 1.90. The molecule has 11 aromatic rings. The second-order valence-corrected chi connectivity index (χ2v) is 22.4. The van der Waals surface area contributed by atoms with Crippen molar-refractivity contribution in [3.05, 3.63) is 211 Å². The molecule has 5 nitrogen and oxygen atoms in total. The summed E-state index contributed by atoms with van der Waals surface area (Å²) in [5.41, 5.74) is 10.7. The van der Waals surface area contributed by atoms with Crippen molar-refractivity contribution >= 4 is 76.5 Å². The van der Waals surface area contributed by atoms with Gasteiger partial charge in [-0.3, -0.25) is 0 Å². The van der Waals surface area contributed by atoms with Crippen LogP contribution in [0.1, 0.15) is 88.7 Å². The van der Waals surface area contributed by atoms with Crippen LogP contribution in [-0.2, 0) is 37.3 Å². The summed E-state index contributed by atoms with van der Waals surface area (Å²) in [6.45, 7) is 19.7. The number of ether oxygens (including phenoxy) is 1. The van der Waals surface area contributed by atoms with E-state index in [2.05, 4.69) is 229 Å². The molecule has 0 spiro atoms. The molecule has 12 rings (SSSR count). The van der Waals surface area contributed by atoms with E-state index in [-0.39, 0.29) is 37.3 Å². The number of nitrogens with zero attached hydrogens (tertiary/aromatic N) is 4. The van der Waals surface area contributed by atoms with Crippen molar-refractivity contribution < 1.29 is 29.9 Å². The SMILES string of the molecule is [2H]C([2H])([2H])c1cc(-c2cccc3c4ccccc4c4ccccc4c4cccc5c4n(c23)[CH-]N5c2[c-]c(Oc3[c-]c4c(cc3)c3cc(C(C)(C)C)ccc3n4-c3cc(C(C)(C)C)ccn3)ccc2)cc(C(C)(C)C)c1.[Pt]. The van der Waals surface area contributed by atoms with Crippen LogP contribution in [-0.4, -0.2) is 14.1 Å². The van der Waals surface area contributed by atoms with Crippen LogP contribution in [0.5, 0.6) is 11.5 Å². The Morgan fingerprint density at radius 3 is 1.82 bits per heavy atom. The average Bonchev–Trinajstić information content (AvgIpc) is 3.94. The molecule has 1 aliphatic rings. The predicted octanol–water partition coefficient (Wildman–Crippen LogP) is 18.1. The molecule has 366 valence electrons. The fourth-order valence-electron chi connectivity index (χ4n) is 10.6. The first kappa shape index (κ1) is 44.4. The van der Waals surface area contributed by atoms with Crippen molar-refractivity contribution in [3.8, 4) is 28.4 Å². The van der Waals surface area contributed by atoms with Crippen molar-refractivity contribution in [2.24, 2.45) is 0 Å². The number of benzene rings is 8. The summed E-state index contributed by atoms with van der Waals surface area (Å²) in [4.78, 5) is 7.13. The van der Waals surface area contributed by atoms with Gasteiger partial charge < -0.3 is 18.8 Å². The number of hydrogen-bond acceptors (Lipinski definition) is 3. The number of anilines is 2. The molecule has 0 radical (unpaired) electrons. The first-order valence-corrected chi connectivity index (χ1v) is 24.9. The van der Waals surface area contributed by atoms with Gasteiger partial charge in [0.05, 0.1) is 0 Å². The summed E-state index contributed by atoms with van der Waals surface area (Å²) < 4.78 is 37.2. The molecule has 0 N–H and O–H groups in total. The zero-order valence-electron chi connectivity index (χ0n) is 45.8. The van der Waals surface area contributed by atoms with Crippen LogP contribution in [0, 0.1) is 25.7 Å². The molecule has 3 aromatic heterocycles. The van der Waals surface area contributed by atoms with Crippen molar-refractivity contribution in [3.63, 3.8) is 0 Å². The fourth-order valence-corrected chi connectivity index (χ4v) is 10.6. The molecule has 8 aromatic carbocycles. The quantitative estimate of drug-likeness (QED) is 0.161. The minimum atomic E-state index is -2.31. The minimum absolute atomic E-state index is 0. The average molecular weight is 1130 g/mol. The number of rotatable bonds is 5. The van der Waals surface area contributed by atoms with Gasteiger partial charge in [0, 0.05) is 54.1 Å². The van der Waals surface area contributed by atoms with Crippen LogP contribution < -0.4 is 9.64 Å². The number of pyridine rings is 1. The maximum Gasteiger partial charge on any atom is 0.135 e. The molecular weight excluding hydrogens is 1070 g/mol. The number of fused-ring (bicyclic) bond motifs is 10. The van der Waals surface area contributed by atoms with E-state index in [4.69, 9.17) is 13.8 Å². The Labute approximate surface area is 447 Å². The summed E-state index contributed by atoms with van der Waals surface area (Å²) in [7, 11) is 0. The van der Waals surface area contributed by atoms with Gasteiger partial charge in [0.25, 0.3) is 0 Å². The van der Waals surface area contributed by atoms with Gasteiger partial charge in [0.15, 0.2) is 0 Å². The van der Waals surface area contributed by atoms with Crippen molar-refractivity contribution in [2.75, 3.05) is 4.90 Å². The van der Waals surface area contributed by atoms with Gasteiger partial charge >= 0.3 is 0 Å². The zero-order chi connectivity index (χ0) is 52.3. The second kappa shape index (κ2) is 17.7. The second-order valence-electron chi connectivity index (χ2n) is 22.4. The van der Waals surface area contributed by atoms with Crippen LogP contribution >= 0.6 is 0 Å². The summed E-state index contributed by atoms with van der Waals surface area (Å²) >= 11 is 0. The largest absolute Gasteiger partial charge is 0.509 e. The first-order valence-electron chi connectivity index (χ1n) is 26.4. The number of hydrogen-bond donors (Lipinski definition) is 0. The van der Waals surface area contributed by atoms with Crippen LogP contribution in [0.2, 0.25) is 0 Å². The third kappa shape index (κ3) is 8.32. The van der Waals surface area contributed by atoms with E-state index < -0.39 is 6.85 Å². The molecule has 0 saturated carbocycles. The van der Waals surface area contributed by atoms with Gasteiger partial charge in [-0.2, -0.15) is 12.1 Å².